The van der Waals surface area contributed by atoms with Crippen LogP contribution < -0.4 is 0 Å². The normalized spacial score (nSPS) is 16.2. The topological polar surface area (TPSA) is 20.2 Å². The standard InChI is InChI=1S/C10H14O/c1-3-8(2)10-5-4-9(6-10)7-11/h4-5,11H,2-3,6-7H2,1H3. The smallest absolute Gasteiger partial charge is 0.0648 e. The third-order valence-electron chi connectivity index (χ3n) is 2.02. The number of allylic oxidation sites excluding steroid dienone is 4. The first-order valence-corrected chi connectivity index (χ1v) is 3.95. The van der Waals surface area contributed by atoms with Crippen LogP contribution in [-0.4, -0.2) is 11.7 Å². The molecule has 0 bridgehead atoms. The molecule has 11 heavy (non-hydrogen) atoms. The van der Waals surface area contributed by atoms with Crippen molar-refractivity contribution < 1.29 is 5.11 Å². The Balaban J connectivity index is 2.52. The summed E-state index contributed by atoms with van der Waals surface area (Å²) in [7, 11) is 0. The average molecular weight is 150 g/mol. The van der Waals surface area contributed by atoms with Crippen molar-refractivity contribution in [2.45, 2.75) is 19.8 Å². The summed E-state index contributed by atoms with van der Waals surface area (Å²) in [6.45, 7) is 6.22. The summed E-state index contributed by atoms with van der Waals surface area (Å²) >= 11 is 0. The molecule has 0 saturated carbocycles. The third kappa shape index (κ3) is 1.81. The molecule has 0 aromatic heterocycles. The van der Waals surface area contributed by atoms with Crippen LogP contribution in [0.5, 0.6) is 0 Å². The quantitative estimate of drug-likeness (QED) is 0.654. The molecule has 1 heteroatoms. The lowest BCUT2D eigenvalue weighted by atomic mass is 10.0. The second-order valence-electron chi connectivity index (χ2n) is 2.81. The molecular weight excluding hydrogens is 136 g/mol. The van der Waals surface area contributed by atoms with E-state index in [9.17, 15) is 0 Å². The third-order valence-corrected chi connectivity index (χ3v) is 2.02. The first-order chi connectivity index (χ1) is 5.27. The summed E-state index contributed by atoms with van der Waals surface area (Å²) in [5.74, 6) is 0. The fraction of sp³-hybridized carbons (Fsp3) is 0.400. The first kappa shape index (κ1) is 8.28. The van der Waals surface area contributed by atoms with Gasteiger partial charge in [0, 0.05) is 0 Å². The highest BCUT2D eigenvalue weighted by Crippen LogP contribution is 2.25. The summed E-state index contributed by atoms with van der Waals surface area (Å²) in [6.07, 6.45) is 5.93. The van der Waals surface area contributed by atoms with Gasteiger partial charge in [0.05, 0.1) is 6.61 Å². The molecular formula is C10H14O. The molecule has 0 amide bonds. The highest BCUT2D eigenvalue weighted by atomic mass is 16.3. The molecule has 1 aliphatic carbocycles. The van der Waals surface area contributed by atoms with E-state index in [4.69, 9.17) is 5.11 Å². The van der Waals surface area contributed by atoms with Crippen LogP contribution in [-0.2, 0) is 0 Å². The molecule has 0 unspecified atom stereocenters. The van der Waals surface area contributed by atoms with Crippen LogP contribution in [0.25, 0.3) is 0 Å². The number of aliphatic hydroxyl groups is 1. The van der Waals surface area contributed by atoms with Gasteiger partial charge < -0.3 is 5.11 Å². The molecule has 0 aliphatic heterocycles. The van der Waals surface area contributed by atoms with Crippen molar-refractivity contribution in [2.75, 3.05) is 6.61 Å². The molecule has 0 aromatic rings. The van der Waals surface area contributed by atoms with Crippen molar-refractivity contribution in [1.82, 2.24) is 0 Å². The predicted molar refractivity (Wildman–Crippen MR) is 47.3 cm³/mol. The van der Waals surface area contributed by atoms with Crippen molar-refractivity contribution in [1.29, 1.82) is 0 Å². The SMILES string of the molecule is C=C(CC)C1=CC=C(CO)C1. The van der Waals surface area contributed by atoms with Crippen molar-refractivity contribution in [3.63, 3.8) is 0 Å². The molecule has 0 atom stereocenters. The molecule has 0 radical (unpaired) electrons. The minimum atomic E-state index is 0.178. The van der Waals surface area contributed by atoms with Gasteiger partial charge in [-0.2, -0.15) is 0 Å². The van der Waals surface area contributed by atoms with Crippen LogP contribution >= 0.6 is 0 Å². The van der Waals surface area contributed by atoms with E-state index in [2.05, 4.69) is 19.6 Å². The van der Waals surface area contributed by atoms with E-state index in [0.717, 1.165) is 18.4 Å². The van der Waals surface area contributed by atoms with E-state index in [-0.39, 0.29) is 6.61 Å². The van der Waals surface area contributed by atoms with Crippen LogP contribution in [0, 0.1) is 0 Å². The molecule has 0 fully saturated rings. The minimum absolute atomic E-state index is 0.178. The van der Waals surface area contributed by atoms with Gasteiger partial charge in [0.15, 0.2) is 0 Å². The largest absolute Gasteiger partial charge is 0.392 e. The molecule has 0 heterocycles. The monoisotopic (exact) mass is 150 g/mol. The zero-order valence-electron chi connectivity index (χ0n) is 6.93. The van der Waals surface area contributed by atoms with Gasteiger partial charge in [-0.1, -0.05) is 31.2 Å². The van der Waals surface area contributed by atoms with Gasteiger partial charge in [-0.05, 0) is 24.0 Å². The first-order valence-electron chi connectivity index (χ1n) is 3.95. The zero-order valence-corrected chi connectivity index (χ0v) is 6.93. The van der Waals surface area contributed by atoms with Gasteiger partial charge in [-0.25, -0.2) is 0 Å². The summed E-state index contributed by atoms with van der Waals surface area (Å²) in [4.78, 5) is 0. The van der Waals surface area contributed by atoms with E-state index in [0.29, 0.717) is 0 Å². The molecule has 0 saturated heterocycles. The number of hydrogen-bond donors (Lipinski definition) is 1. The second kappa shape index (κ2) is 3.54. The maximum Gasteiger partial charge on any atom is 0.0648 e. The maximum atomic E-state index is 8.81. The van der Waals surface area contributed by atoms with Crippen LogP contribution in [0.2, 0.25) is 0 Å². The lowest BCUT2D eigenvalue weighted by Crippen LogP contribution is -1.89. The Bertz CT molecular complexity index is 221. The molecule has 1 nitrogen and oxygen atoms in total. The average Bonchev–Trinajstić information content (AvgIpc) is 2.50. The Morgan fingerprint density at radius 1 is 1.64 bits per heavy atom. The Kier molecular flexibility index (Phi) is 2.66. The van der Waals surface area contributed by atoms with Crippen molar-refractivity contribution >= 4 is 0 Å². The van der Waals surface area contributed by atoms with Gasteiger partial charge in [0.2, 0.25) is 0 Å². The highest BCUT2D eigenvalue weighted by molar-refractivity contribution is 5.41. The number of rotatable bonds is 3. The highest BCUT2D eigenvalue weighted by Gasteiger charge is 2.08. The van der Waals surface area contributed by atoms with E-state index in [1.807, 2.05) is 6.08 Å². The molecule has 1 aliphatic rings. The van der Waals surface area contributed by atoms with Crippen molar-refractivity contribution in [2.24, 2.45) is 0 Å². The van der Waals surface area contributed by atoms with Gasteiger partial charge in [0.1, 0.15) is 0 Å². The van der Waals surface area contributed by atoms with Crippen LogP contribution in [0.4, 0.5) is 0 Å². The van der Waals surface area contributed by atoms with Crippen LogP contribution in [0.1, 0.15) is 19.8 Å². The Morgan fingerprint density at radius 2 is 2.36 bits per heavy atom. The Hall–Kier alpha value is -0.820. The van der Waals surface area contributed by atoms with Crippen LogP contribution in [0.15, 0.2) is 35.5 Å². The van der Waals surface area contributed by atoms with E-state index >= 15 is 0 Å². The molecule has 1 rings (SSSR count). The number of hydrogen-bond acceptors (Lipinski definition) is 1. The second-order valence-corrected chi connectivity index (χ2v) is 2.81. The van der Waals surface area contributed by atoms with E-state index in [1.165, 1.54) is 11.1 Å². The number of aliphatic hydroxyl groups excluding tert-OH is 1. The lowest BCUT2D eigenvalue weighted by Gasteiger charge is -2.03. The fourth-order valence-corrected chi connectivity index (χ4v) is 1.16. The Labute approximate surface area is 67.7 Å². The maximum absolute atomic E-state index is 8.81. The Morgan fingerprint density at radius 3 is 2.82 bits per heavy atom. The molecule has 60 valence electrons. The molecule has 0 aromatic carbocycles. The lowest BCUT2D eigenvalue weighted by molar-refractivity contribution is 0.329. The van der Waals surface area contributed by atoms with Gasteiger partial charge in [0.25, 0.3) is 0 Å². The van der Waals surface area contributed by atoms with Gasteiger partial charge in [-0.3, -0.25) is 0 Å². The molecule has 1 N–H and O–H groups in total. The van der Waals surface area contributed by atoms with E-state index < -0.39 is 0 Å². The predicted octanol–water partition coefficient (Wildman–Crippen LogP) is 2.20. The van der Waals surface area contributed by atoms with Gasteiger partial charge in [-0.15, -0.1) is 0 Å². The summed E-state index contributed by atoms with van der Waals surface area (Å²) in [6, 6.07) is 0. The van der Waals surface area contributed by atoms with Crippen molar-refractivity contribution in [3.05, 3.63) is 35.5 Å². The van der Waals surface area contributed by atoms with Gasteiger partial charge >= 0.3 is 0 Å². The summed E-state index contributed by atoms with van der Waals surface area (Å²) < 4.78 is 0. The fourth-order valence-electron chi connectivity index (χ4n) is 1.16. The zero-order chi connectivity index (χ0) is 8.27. The minimum Gasteiger partial charge on any atom is -0.392 e. The summed E-state index contributed by atoms with van der Waals surface area (Å²) in [5, 5.41) is 8.81. The van der Waals surface area contributed by atoms with Crippen molar-refractivity contribution in [3.8, 4) is 0 Å². The summed E-state index contributed by atoms with van der Waals surface area (Å²) in [5.41, 5.74) is 3.55. The van der Waals surface area contributed by atoms with E-state index in [1.54, 1.807) is 0 Å². The van der Waals surface area contributed by atoms with Crippen LogP contribution in [0.3, 0.4) is 0 Å². The molecule has 0 spiro atoms.